The van der Waals surface area contributed by atoms with Gasteiger partial charge in [-0.1, -0.05) is 54.6 Å². The number of aromatic carboxylic acids is 3. The van der Waals surface area contributed by atoms with Gasteiger partial charge in [0.1, 0.15) is 28.0 Å². The summed E-state index contributed by atoms with van der Waals surface area (Å²) in [6.07, 6.45) is 0. The van der Waals surface area contributed by atoms with Crippen molar-refractivity contribution in [3.63, 3.8) is 0 Å². The monoisotopic (exact) mass is 2560 g/mol. The van der Waals surface area contributed by atoms with Gasteiger partial charge in [-0.25, -0.2) is 14.4 Å². The van der Waals surface area contributed by atoms with Crippen molar-refractivity contribution >= 4 is 357 Å². The molecule has 6 radical (unpaired) electrons. The van der Waals surface area contributed by atoms with Crippen molar-refractivity contribution in [3.05, 3.63) is 199 Å². The zero-order chi connectivity index (χ0) is 63.1. The summed E-state index contributed by atoms with van der Waals surface area (Å²) in [4.78, 5) is 73.3. The highest BCUT2D eigenvalue weighted by Crippen LogP contribution is 2.50. The predicted octanol–water partition coefficient (Wildman–Crippen LogP) is 18.4. The number of hydrogen-bond donors (Lipinski definition) is 6. The van der Waals surface area contributed by atoms with Gasteiger partial charge in [-0.3, -0.25) is 14.4 Å². The lowest BCUT2D eigenvalue weighted by atomic mass is 9.91. The maximum Gasteiger partial charge on any atom is 0.336 e. The summed E-state index contributed by atoms with van der Waals surface area (Å²) in [5.41, 5.74) is 6.71. The second-order valence-electron chi connectivity index (χ2n) is 18.3. The number of benzene rings is 9. The van der Waals surface area contributed by atoms with Crippen molar-refractivity contribution in [3.8, 4) is 84.6 Å². The molecule has 6 aliphatic rings. The second kappa shape index (κ2) is 30.2. The lowest BCUT2D eigenvalue weighted by Gasteiger charge is -2.19. The van der Waals surface area contributed by atoms with Crippen LogP contribution in [0, 0.1) is 42.8 Å². The third kappa shape index (κ3) is 14.0. The number of aromatic hydroxyl groups is 3. The van der Waals surface area contributed by atoms with Crippen LogP contribution in [0.15, 0.2) is 137 Å². The SMILES string of the molecule is O=C(O)c1ccccc1-c1c2cc(I)c(=O)c(I)c-2oc2c(I)c(O)c(I)cc12.O=C(O)c1ccccc1-c1c2cc(I)c(=O)c(I)c-2oc2c(I)c(O)c(I)cc12.O=C(O)c1ccccc1-c1c2cc(I)c(=O)c(I)c-2oc2c(I)c(O)c(I)cc12.[Al].[Al]. The van der Waals surface area contributed by atoms with Crippen molar-refractivity contribution in [2.45, 2.75) is 0 Å². The molecule has 0 unspecified atom stereocenters. The Balaban J connectivity index is 0.000000171. The van der Waals surface area contributed by atoms with Gasteiger partial charge in [0.25, 0.3) is 0 Å². The first-order valence-electron chi connectivity index (χ1n) is 24.0. The third-order valence-electron chi connectivity index (χ3n) is 13.4. The average Bonchev–Trinajstić information content (AvgIpc) is 1.02. The highest BCUT2D eigenvalue weighted by molar-refractivity contribution is 14.1. The Kier molecular flexibility index (Phi) is 25.1. The van der Waals surface area contributed by atoms with Gasteiger partial charge in [0.15, 0.2) is 34.0 Å². The quantitative estimate of drug-likeness (QED) is 0.0514. The van der Waals surface area contributed by atoms with Crippen LogP contribution in [0.2, 0.25) is 0 Å². The Morgan fingerprint density at radius 1 is 0.315 bits per heavy atom. The summed E-state index contributed by atoms with van der Waals surface area (Å²) in [7, 11) is 0. The first-order valence-corrected chi connectivity index (χ1v) is 37.0. The molecule has 0 atom stereocenters. The summed E-state index contributed by atoms with van der Waals surface area (Å²) >= 11 is 23.9. The van der Waals surface area contributed by atoms with Gasteiger partial charge in [-0.2, -0.15) is 0 Å². The fraction of sp³-hybridized carbons (Fsp3) is 0. The highest BCUT2D eigenvalue weighted by atomic mass is 127. The molecule has 3 aliphatic heterocycles. The van der Waals surface area contributed by atoms with Gasteiger partial charge in [0.2, 0.25) is 16.3 Å². The minimum atomic E-state index is -1.05. The van der Waals surface area contributed by atoms with Gasteiger partial charge in [-0.05, 0) is 342 Å². The number of halogens is 12. The molecule has 0 spiro atoms. The van der Waals surface area contributed by atoms with E-state index in [1.807, 2.05) is 271 Å². The van der Waals surface area contributed by atoms with Crippen LogP contribution in [-0.2, 0) is 0 Å². The number of hydrogen-bond acceptors (Lipinski definition) is 12. The summed E-state index contributed by atoms with van der Waals surface area (Å²) in [6, 6.07) is 30.7. The van der Waals surface area contributed by atoms with Crippen molar-refractivity contribution in [1.29, 1.82) is 0 Å². The van der Waals surface area contributed by atoms with E-state index in [2.05, 4.69) is 0 Å². The second-order valence-corrected chi connectivity index (χ2v) is 31.8. The molecule has 0 amide bonds. The van der Waals surface area contributed by atoms with Crippen molar-refractivity contribution < 1.29 is 58.3 Å². The maximum atomic E-state index is 12.5. The largest absolute Gasteiger partial charge is 0.506 e. The lowest BCUT2D eigenvalue weighted by molar-refractivity contribution is 0.0687. The topological polar surface area (TPSA) is 263 Å². The Morgan fingerprint density at radius 3 is 0.764 bits per heavy atom. The van der Waals surface area contributed by atoms with E-state index in [4.69, 9.17) is 13.3 Å². The number of phenols is 3. The highest BCUT2D eigenvalue weighted by Gasteiger charge is 2.31. The minimum absolute atomic E-state index is 0. The summed E-state index contributed by atoms with van der Waals surface area (Å²) < 4.78 is 24.5. The minimum Gasteiger partial charge on any atom is -0.506 e. The van der Waals surface area contributed by atoms with Crippen LogP contribution in [-0.4, -0.2) is 83.3 Å². The predicted molar refractivity (Wildman–Crippen MR) is 444 cm³/mol. The summed E-state index contributed by atoms with van der Waals surface area (Å²) in [5, 5.41) is 62.5. The van der Waals surface area contributed by atoms with E-state index in [9.17, 15) is 59.4 Å². The van der Waals surface area contributed by atoms with Gasteiger partial charge >= 0.3 is 17.9 Å². The van der Waals surface area contributed by atoms with E-state index in [0.717, 1.165) is 0 Å². The molecule has 15 nitrogen and oxygen atoms in total. The van der Waals surface area contributed by atoms with E-state index >= 15 is 0 Å². The summed E-state index contributed by atoms with van der Waals surface area (Å²) in [5.74, 6) is -1.76. The van der Waals surface area contributed by atoms with Gasteiger partial charge < -0.3 is 43.9 Å². The molecular formula is C60H24Al2I12O15. The summed E-state index contributed by atoms with van der Waals surface area (Å²) in [6.45, 7) is 0. The number of fused-ring (bicyclic) bond motifs is 6. The van der Waals surface area contributed by atoms with Gasteiger partial charge in [-0.15, -0.1) is 0 Å². The van der Waals surface area contributed by atoms with Crippen LogP contribution in [0.25, 0.3) is 100 Å². The van der Waals surface area contributed by atoms with Crippen LogP contribution in [0.1, 0.15) is 31.1 Å². The first-order chi connectivity index (χ1) is 41.2. The third-order valence-corrected chi connectivity index (χ3v) is 24.2. The van der Waals surface area contributed by atoms with Crippen LogP contribution < -0.4 is 16.3 Å². The molecule has 0 bridgehead atoms. The van der Waals surface area contributed by atoms with E-state index in [1.165, 1.54) is 0 Å². The van der Waals surface area contributed by atoms with Crippen LogP contribution in [0.3, 0.4) is 0 Å². The normalized spacial score (nSPS) is 11.1. The number of rotatable bonds is 6. The van der Waals surface area contributed by atoms with E-state index in [-0.39, 0.29) is 84.9 Å². The molecule has 89 heavy (non-hydrogen) atoms. The van der Waals surface area contributed by atoms with Crippen LogP contribution in [0.4, 0.5) is 0 Å². The Bertz CT molecular complexity index is 4590. The zero-order valence-electron chi connectivity index (χ0n) is 43.4. The molecule has 6 N–H and O–H groups in total. The van der Waals surface area contributed by atoms with E-state index in [1.54, 1.807) is 109 Å². The molecule has 12 rings (SSSR count). The number of phenolic OH excluding ortho intramolecular Hbond substituents is 3. The maximum absolute atomic E-state index is 12.5. The zero-order valence-corrected chi connectivity index (χ0v) is 71.6. The molecule has 0 saturated carbocycles. The van der Waals surface area contributed by atoms with E-state index < -0.39 is 17.9 Å². The van der Waals surface area contributed by atoms with Crippen LogP contribution >= 0.6 is 271 Å². The molecule has 444 valence electrons. The van der Waals surface area contributed by atoms with Gasteiger partial charge in [0, 0.05) is 84.3 Å². The molecule has 0 fully saturated rings. The molecule has 3 aliphatic carbocycles. The molecular weight excluding hydrogens is 2540 g/mol. The first kappa shape index (κ1) is 73.8. The smallest absolute Gasteiger partial charge is 0.336 e. The fourth-order valence-corrected chi connectivity index (χ4v) is 20.2. The number of carboxylic acids is 3. The van der Waals surface area contributed by atoms with Crippen molar-refractivity contribution in [1.82, 2.24) is 0 Å². The lowest BCUT2D eigenvalue weighted by Crippen LogP contribution is -2.12. The average molecular weight is 2560 g/mol. The Hall–Kier alpha value is -0.975. The number of carboxylic acid groups (broad SMARTS) is 3. The molecule has 6 aromatic rings. The molecule has 3 heterocycles. The fourth-order valence-electron chi connectivity index (χ4n) is 9.51. The standard InChI is InChI=1S/3C20H8I4O5.2Al/c3*21-11-5-9-13(7-3-1-2-4-8(7)20(27)28)10-6-12(22)17(26)15(24)19(10)29-18(9)14(23)16(11)25;;/h3*1-6,25H,(H,27,28);;. The van der Waals surface area contributed by atoms with Crippen molar-refractivity contribution in [2.75, 3.05) is 0 Å². The number of carbonyl (C=O) groups is 3. The molecule has 0 aromatic heterocycles. The molecule has 6 aromatic carbocycles. The van der Waals surface area contributed by atoms with Gasteiger partial charge in [0.05, 0.1) is 48.8 Å². The van der Waals surface area contributed by atoms with Crippen molar-refractivity contribution in [2.24, 2.45) is 0 Å². The van der Waals surface area contributed by atoms with Crippen LogP contribution in [0.5, 0.6) is 17.2 Å². The van der Waals surface area contributed by atoms with E-state index in [0.29, 0.717) is 143 Å². The molecule has 0 saturated heterocycles. The Labute approximate surface area is 686 Å². The molecule has 29 heteroatoms. The Morgan fingerprint density at radius 2 is 0.539 bits per heavy atom.